The van der Waals surface area contributed by atoms with Crippen LogP contribution in [0, 0.1) is 0 Å². The van der Waals surface area contributed by atoms with Gasteiger partial charge in [-0.1, -0.05) is 6.92 Å². The predicted octanol–water partition coefficient (Wildman–Crippen LogP) is 0.821. The van der Waals surface area contributed by atoms with Gasteiger partial charge in [0.2, 0.25) is 0 Å². The van der Waals surface area contributed by atoms with E-state index in [1.807, 2.05) is 0 Å². The molecule has 1 heterocycles. The molecule has 0 fully saturated rings. The summed E-state index contributed by atoms with van der Waals surface area (Å²) in [4.78, 5) is 7.27. The molecule has 56 valence electrons. The largest absolute Gasteiger partial charge is 0.345 e. The van der Waals surface area contributed by atoms with Crippen LogP contribution in [0.1, 0.15) is 24.9 Å². The number of aryl methyl sites for hydroxylation is 1. The topological polar surface area (TPSA) is 54.7 Å². The maximum absolute atomic E-state index is 5.39. The van der Waals surface area contributed by atoms with Crippen molar-refractivity contribution in [1.29, 1.82) is 0 Å². The van der Waals surface area contributed by atoms with E-state index in [0.29, 0.717) is 6.54 Å². The second kappa shape index (κ2) is 3.37. The first-order valence-electron chi connectivity index (χ1n) is 3.59. The van der Waals surface area contributed by atoms with Gasteiger partial charge in [0.1, 0.15) is 5.82 Å². The number of nitrogens with two attached hydrogens (primary N) is 1. The fourth-order valence-corrected chi connectivity index (χ4v) is 0.873. The van der Waals surface area contributed by atoms with Crippen LogP contribution in [0.5, 0.6) is 0 Å². The summed E-state index contributed by atoms with van der Waals surface area (Å²) in [5.74, 6) is 1.04. The van der Waals surface area contributed by atoms with E-state index in [-0.39, 0.29) is 0 Å². The normalized spacial score (nSPS) is 10.2. The number of aromatic amines is 1. The standard InChI is InChI=1S/C7H13N3/c1-2-3-7-9-5-6(4-8)10-7/h5H,2-4,8H2,1H3,(H,9,10). The van der Waals surface area contributed by atoms with E-state index in [1.165, 1.54) is 0 Å². The van der Waals surface area contributed by atoms with Crippen LogP contribution in [0.3, 0.4) is 0 Å². The lowest BCUT2D eigenvalue weighted by molar-refractivity contribution is 0.848. The molecule has 1 rings (SSSR count). The lowest BCUT2D eigenvalue weighted by Gasteiger charge is -1.89. The monoisotopic (exact) mass is 139 g/mol. The highest BCUT2D eigenvalue weighted by molar-refractivity contribution is 5.00. The summed E-state index contributed by atoms with van der Waals surface area (Å²) in [6.07, 6.45) is 3.93. The van der Waals surface area contributed by atoms with Gasteiger partial charge in [0.15, 0.2) is 0 Å². The number of rotatable bonds is 3. The highest BCUT2D eigenvalue weighted by Crippen LogP contribution is 1.98. The Labute approximate surface area is 60.7 Å². The minimum Gasteiger partial charge on any atom is -0.345 e. The Hall–Kier alpha value is -0.830. The Bertz CT molecular complexity index is 192. The summed E-state index contributed by atoms with van der Waals surface area (Å²) in [6, 6.07) is 0. The van der Waals surface area contributed by atoms with Gasteiger partial charge in [0.05, 0.1) is 0 Å². The van der Waals surface area contributed by atoms with E-state index >= 15 is 0 Å². The molecule has 3 N–H and O–H groups in total. The van der Waals surface area contributed by atoms with Crippen LogP contribution in [-0.4, -0.2) is 9.97 Å². The van der Waals surface area contributed by atoms with Crippen molar-refractivity contribution in [3.8, 4) is 0 Å². The fourth-order valence-electron chi connectivity index (χ4n) is 0.873. The van der Waals surface area contributed by atoms with Gasteiger partial charge in [-0.25, -0.2) is 4.98 Å². The lowest BCUT2D eigenvalue weighted by atomic mass is 10.3. The molecule has 0 saturated carbocycles. The van der Waals surface area contributed by atoms with Crippen molar-refractivity contribution >= 4 is 0 Å². The van der Waals surface area contributed by atoms with Gasteiger partial charge < -0.3 is 10.7 Å². The molecule has 0 unspecified atom stereocenters. The summed E-state index contributed by atoms with van der Waals surface area (Å²) in [6.45, 7) is 2.68. The number of nitrogens with zero attached hydrogens (tertiary/aromatic N) is 1. The van der Waals surface area contributed by atoms with Crippen LogP contribution >= 0.6 is 0 Å². The van der Waals surface area contributed by atoms with Crippen LogP contribution in [-0.2, 0) is 13.0 Å². The van der Waals surface area contributed by atoms with Gasteiger partial charge in [-0.3, -0.25) is 0 Å². The molecule has 3 heteroatoms. The summed E-state index contributed by atoms with van der Waals surface area (Å²) in [5.41, 5.74) is 6.41. The molecular weight excluding hydrogens is 126 g/mol. The minimum absolute atomic E-state index is 0.552. The Morgan fingerprint density at radius 3 is 3.00 bits per heavy atom. The Morgan fingerprint density at radius 2 is 2.50 bits per heavy atom. The molecule has 3 nitrogen and oxygen atoms in total. The second-order valence-electron chi connectivity index (χ2n) is 2.31. The molecule has 0 amide bonds. The van der Waals surface area contributed by atoms with Crippen LogP contribution in [0.4, 0.5) is 0 Å². The molecule has 0 atom stereocenters. The molecule has 0 bridgehead atoms. The zero-order valence-corrected chi connectivity index (χ0v) is 6.22. The molecule has 1 aromatic rings. The molecule has 10 heavy (non-hydrogen) atoms. The quantitative estimate of drug-likeness (QED) is 0.651. The zero-order chi connectivity index (χ0) is 7.40. The van der Waals surface area contributed by atoms with Crippen molar-refractivity contribution in [3.05, 3.63) is 17.7 Å². The van der Waals surface area contributed by atoms with Gasteiger partial charge >= 0.3 is 0 Å². The second-order valence-corrected chi connectivity index (χ2v) is 2.31. The highest BCUT2D eigenvalue weighted by Gasteiger charge is 1.95. The lowest BCUT2D eigenvalue weighted by Crippen LogP contribution is -1.96. The molecule has 0 radical (unpaired) electrons. The van der Waals surface area contributed by atoms with E-state index in [2.05, 4.69) is 16.9 Å². The third-order valence-corrected chi connectivity index (χ3v) is 1.39. The smallest absolute Gasteiger partial charge is 0.106 e. The van der Waals surface area contributed by atoms with E-state index in [4.69, 9.17) is 5.73 Å². The van der Waals surface area contributed by atoms with Crippen LogP contribution in [0.2, 0.25) is 0 Å². The predicted molar refractivity (Wildman–Crippen MR) is 40.5 cm³/mol. The van der Waals surface area contributed by atoms with Gasteiger partial charge in [0.25, 0.3) is 0 Å². The number of imidazole rings is 1. The summed E-state index contributed by atoms with van der Waals surface area (Å²) in [7, 11) is 0. The van der Waals surface area contributed by atoms with Crippen LogP contribution < -0.4 is 5.73 Å². The van der Waals surface area contributed by atoms with E-state index in [9.17, 15) is 0 Å². The Balaban J connectivity index is 2.59. The highest BCUT2D eigenvalue weighted by atomic mass is 14.9. The van der Waals surface area contributed by atoms with Crippen molar-refractivity contribution in [2.75, 3.05) is 0 Å². The minimum atomic E-state index is 0.552. The van der Waals surface area contributed by atoms with Crippen LogP contribution in [0.25, 0.3) is 0 Å². The van der Waals surface area contributed by atoms with Crippen molar-refractivity contribution < 1.29 is 0 Å². The molecule has 0 aliphatic carbocycles. The number of nitrogens with one attached hydrogen (secondary N) is 1. The van der Waals surface area contributed by atoms with E-state index in [1.54, 1.807) is 6.20 Å². The Kier molecular flexibility index (Phi) is 2.45. The SMILES string of the molecule is CCCc1ncc(CN)[nH]1. The van der Waals surface area contributed by atoms with E-state index < -0.39 is 0 Å². The van der Waals surface area contributed by atoms with Crippen molar-refractivity contribution in [2.24, 2.45) is 5.73 Å². The van der Waals surface area contributed by atoms with Crippen molar-refractivity contribution in [1.82, 2.24) is 9.97 Å². The third-order valence-electron chi connectivity index (χ3n) is 1.39. The number of hydrogen-bond acceptors (Lipinski definition) is 2. The zero-order valence-electron chi connectivity index (χ0n) is 6.22. The van der Waals surface area contributed by atoms with Gasteiger partial charge in [0, 0.05) is 24.9 Å². The number of aromatic nitrogens is 2. The maximum atomic E-state index is 5.39. The first kappa shape index (κ1) is 7.28. The number of hydrogen-bond donors (Lipinski definition) is 2. The molecule has 0 aromatic carbocycles. The average molecular weight is 139 g/mol. The van der Waals surface area contributed by atoms with E-state index in [0.717, 1.165) is 24.4 Å². The third kappa shape index (κ3) is 1.57. The number of H-pyrrole nitrogens is 1. The summed E-state index contributed by atoms with van der Waals surface area (Å²) < 4.78 is 0. The maximum Gasteiger partial charge on any atom is 0.106 e. The van der Waals surface area contributed by atoms with Crippen LogP contribution in [0.15, 0.2) is 6.20 Å². The Morgan fingerprint density at radius 1 is 1.70 bits per heavy atom. The van der Waals surface area contributed by atoms with Crippen molar-refractivity contribution in [2.45, 2.75) is 26.3 Å². The molecule has 1 aromatic heterocycles. The molecule has 0 aliphatic rings. The molecule has 0 aliphatic heterocycles. The molecular formula is C7H13N3. The first-order valence-corrected chi connectivity index (χ1v) is 3.59. The summed E-state index contributed by atoms with van der Waals surface area (Å²) >= 11 is 0. The van der Waals surface area contributed by atoms with Gasteiger partial charge in [-0.05, 0) is 6.42 Å². The van der Waals surface area contributed by atoms with Gasteiger partial charge in [-0.2, -0.15) is 0 Å². The first-order chi connectivity index (χ1) is 4.86. The average Bonchev–Trinajstić information content (AvgIpc) is 2.37. The molecule has 0 saturated heterocycles. The van der Waals surface area contributed by atoms with Gasteiger partial charge in [-0.15, -0.1) is 0 Å². The molecule has 0 spiro atoms. The van der Waals surface area contributed by atoms with Crippen molar-refractivity contribution in [3.63, 3.8) is 0 Å². The fraction of sp³-hybridized carbons (Fsp3) is 0.571. The summed E-state index contributed by atoms with van der Waals surface area (Å²) in [5, 5.41) is 0.